The van der Waals surface area contributed by atoms with Gasteiger partial charge in [-0.05, 0) is 42.8 Å². The quantitative estimate of drug-likeness (QED) is 0.398. The molecule has 2 aromatic carbocycles. The van der Waals surface area contributed by atoms with E-state index in [1.165, 1.54) is 11.8 Å². The number of carbonyl (C=O) groups is 2. The second-order valence-electron chi connectivity index (χ2n) is 7.22. The third kappa shape index (κ3) is 4.22. The third-order valence-electron chi connectivity index (χ3n) is 5.00. The van der Waals surface area contributed by atoms with Gasteiger partial charge in [-0.1, -0.05) is 37.2 Å². The SMILES string of the molecule is CCCCn1c(=O)c2ccccc2n2c(SCC(=O)Nc3ccc(C(N)=O)cc3)nnc12. The molecular formula is C22H22N6O3S. The smallest absolute Gasteiger partial charge is 0.262 e. The van der Waals surface area contributed by atoms with Gasteiger partial charge in [-0.15, -0.1) is 10.2 Å². The highest BCUT2D eigenvalue weighted by atomic mass is 32.2. The lowest BCUT2D eigenvalue weighted by atomic mass is 10.2. The summed E-state index contributed by atoms with van der Waals surface area (Å²) in [4.78, 5) is 36.6. The zero-order valence-corrected chi connectivity index (χ0v) is 18.3. The van der Waals surface area contributed by atoms with E-state index in [4.69, 9.17) is 5.73 Å². The molecule has 10 heteroatoms. The van der Waals surface area contributed by atoms with Crippen LogP contribution in [0.4, 0.5) is 5.69 Å². The molecule has 3 N–H and O–H groups in total. The number of nitrogens with two attached hydrogens (primary N) is 1. The number of unbranched alkanes of at least 4 members (excludes halogenated alkanes) is 1. The van der Waals surface area contributed by atoms with Crippen LogP contribution < -0.4 is 16.6 Å². The van der Waals surface area contributed by atoms with Crippen LogP contribution in [0.1, 0.15) is 30.1 Å². The van der Waals surface area contributed by atoms with Gasteiger partial charge in [0.2, 0.25) is 17.6 Å². The lowest BCUT2D eigenvalue weighted by Crippen LogP contribution is -2.23. The second-order valence-corrected chi connectivity index (χ2v) is 8.17. The van der Waals surface area contributed by atoms with Crippen LogP contribution in [0.15, 0.2) is 58.5 Å². The molecule has 0 atom stereocenters. The Morgan fingerprint density at radius 1 is 1.09 bits per heavy atom. The van der Waals surface area contributed by atoms with Gasteiger partial charge in [-0.25, -0.2) is 0 Å². The maximum absolute atomic E-state index is 13.0. The van der Waals surface area contributed by atoms with Crippen LogP contribution in [-0.2, 0) is 11.3 Å². The summed E-state index contributed by atoms with van der Waals surface area (Å²) >= 11 is 1.23. The first-order valence-electron chi connectivity index (χ1n) is 10.2. The van der Waals surface area contributed by atoms with Gasteiger partial charge in [0.25, 0.3) is 5.56 Å². The molecule has 0 radical (unpaired) electrons. The number of nitrogens with zero attached hydrogens (tertiary/aromatic N) is 4. The van der Waals surface area contributed by atoms with Gasteiger partial charge in [0.15, 0.2) is 5.16 Å². The number of amides is 2. The number of nitrogens with one attached hydrogen (secondary N) is 1. The summed E-state index contributed by atoms with van der Waals surface area (Å²) in [5, 5.41) is 12.4. The summed E-state index contributed by atoms with van der Waals surface area (Å²) in [5.74, 6) is -0.197. The van der Waals surface area contributed by atoms with Crippen LogP contribution in [0.5, 0.6) is 0 Å². The Bertz CT molecular complexity index is 1360. The number of benzene rings is 2. The minimum atomic E-state index is -0.526. The average Bonchev–Trinajstić information content (AvgIpc) is 3.22. The maximum atomic E-state index is 13.0. The van der Waals surface area contributed by atoms with E-state index >= 15 is 0 Å². The van der Waals surface area contributed by atoms with Gasteiger partial charge < -0.3 is 11.1 Å². The highest BCUT2D eigenvalue weighted by Crippen LogP contribution is 2.22. The fraction of sp³-hybridized carbons (Fsp3) is 0.227. The first-order chi connectivity index (χ1) is 15.5. The van der Waals surface area contributed by atoms with Crippen molar-refractivity contribution in [1.29, 1.82) is 0 Å². The van der Waals surface area contributed by atoms with Crippen molar-refractivity contribution in [2.75, 3.05) is 11.1 Å². The van der Waals surface area contributed by atoms with Crippen molar-refractivity contribution < 1.29 is 9.59 Å². The Hall–Kier alpha value is -3.66. The van der Waals surface area contributed by atoms with Crippen molar-refractivity contribution in [1.82, 2.24) is 19.2 Å². The Morgan fingerprint density at radius 3 is 2.56 bits per heavy atom. The first kappa shape index (κ1) is 21.6. The molecule has 0 saturated heterocycles. The number of carbonyl (C=O) groups excluding carboxylic acids is 2. The van der Waals surface area contributed by atoms with E-state index < -0.39 is 5.91 Å². The van der Waals surface area contributed by atoms with Crippen molar-refractivity contribution >= 4 is 45.9 Å². The molecule has 0 aliphatic rings. The maximum Gasteiger partial charge on any atom is 0.262 e. The first-order valence-corrected chi connectivity index (χ1v) is 11.2. The Balaban J connectivity index is 1.59. The zero-order valence-electron chi connectivity index (χ0n) is 17.4. The van der Waals surface area contributed by atoms with E-state index in [0.29, 0.717) is 39.6 Å². The van der Waals surface area contributed by atoms with Crippen LogP contribution in [0, 0.1) is 0 Å². The van der Waals surface area contributed by atoms with Crippen molar-refractivity contribution in [3.8, 4) is 0 Å². The summed E-state index contributed by atoms with van der Waals surface area (Å²) in [6.45, 7) is 2.61. The lowest BCUT2D eigenvalue weighted by molar-refractivity contribution is -0.113. The van der Waals surface area contributed by atoms with Gasteiger partial charge >= 0.3 is 0 Å². The second kappa shape index (κ2) is 9.23. The van der Waals surface area contributed by atoms with E-state index in [9.17, 15) is 14.4 Å². The highest BCUT2D eigenvalue weighted by Gasteiger charge is 2.17. The minimum Gasteiger partial charge on any atom is -0.366 e. The van der Waals surface area contributed by atoms with Gasteiger partial charge in [0.05, 0.1) is 16.7 Å². The van der Waals surface area contributed by atoms with Crippen LogP contribution in [0.2, 0.25) is 0 Å². The lowest BCUT2D eigenvalue weighted by Gasteiger charge is -2.11. The molecule has 0 aliphatic carbocycles. The third-order valence-corrected chi connectivity index (χ3v) is 5.93. The number of aryl methyl sites for hydroxylation is 1. The normalized spacial score (nSPS) is 11.2. The summed E-state index contributed by atoms with van der Waals surface area (Å²) in [6.07, 6.45) is 1.79. The number of anilines is 1. The summed E-state index contributed by atoms with van der Waals surface area (Å²) in [7, 11) is 0. The van der Waals surface area contributed by atoms with Gasteiger partial charge in [-0.3, -0.25) is 23.4 Å². The molecule has 2 heterocycles. The molecule has 9 nitrogen and oxygen atoms in total. The van der Waals surface area contributed by atoms with Crippen molar-refractivity contribution in [2.45, 2.75) is 31.5 Å². The molecule has 0 fully saturated rings. The van der Waals surface area contributed by atoms with Crippen LogP contribution in [0.3, 0.4) is 0 Å². The fourth-order valence-corrected chi connectivity index (χ4v) is 4.13. The topological polar surface area (TPSA) is 124 Å². The van der Waals surface area contributed by atoms with E-state index in [1.807, 2.05) is 22.6 Å². The Labute approximate surface area is 187 Å². The molecule has 0 unspecified atom stereocenters. The zero-order chi connectivity index (χ0) is 22.7. The number of primary amides is 1. The molecule has 2 amide bonds. The van der Waals surface area contributed by atoms with E-state index in [0.717, 1.165) is 12.8 Å². The number of rotatable bonds is 8. The molecule has 4 rings (SSSR count). The largest absolute Gasteiger partial charge is 0.366 e. The number of hydrogen-bond donors (Lipinski definition) is 2. The van der Waals surface area contributed by atoms with Gasteiger partial charge in [0, 0.05) is 17.8 Å². The Kier molecular flexibility index (Phi) is 6.22. The predicted octanol–water partition coefficient (Wildman–Crippen LogP) is 2.67. The molecule has 164 valence electrons. The Morgan fingerprint density at radius 2 is 1.84 bits per heavy atom. The number of thioether (sulfide) groups is 1. The summed E-state index contributed by atoms with van der Waals surface area (Å²) < 4.78 is 3.47. The molecule has 32 heavy (non-hydrogen) atoms. The average molecular weight is 451 g/mol. The molecular weight excluding hydrogens is 428 g/mol. The summed E-state index contributed by atoms with van der Waals surface area (Å²) in [5.41, 5.74) is 6.77. The van der Waals surface area contributed by atoms with Crippen molar-refractivity contribution in [2.24, 2.45) is 5.73 Å². The standard InChI is InChI=1S/C22H22N6O3S/c1-2-3-12-27-20(31)16-6-4-5-7-17(16)28-21(27)25-26-22(28)32-13-18(29)24-15-10-8-14(9-11-15)19(23)30/h4-11H,2-3,12-13H2,1H3,(H2,23,30)(H,24,29). The number of hydrogen-bond acceptors (Lipinski definition) is 6. The van der Waals surface area contributed by atoms with Crippen molar-refractivity contribution in [3.05, 3.63) is 64.4 Å². The molecule has 0 bridgehead atoms. The van der Waals surface area contributed by atoms with Crippen LogP contribution >= 0.6 is 11.8 Å². The highest BCUT2D eigenvalue weighted by molar-refractivity contribution is 7.99. The molecule has 0 saturated carbocycles. The molecule has 0 aliphatic heterocycles. The molecule has 2 aromatic heterocycles. The minimum absolute atomic E-state index is 0.0948. The summed E-state index contributed by atoms with van der Waals surface area (Å²) in [6, 6.07) is 13.7. The van der Waals surface area contributed by atoms with Crippen LogP contribution in [-0.4, -0.2) is 36.7 Å². The van der Waals surface area contributed by atoms with E-state index in [1.54, 1.807) is 34.9 Å². The van der Waals surface area contributed by atoms with E-state index in [2.05, 4.69) is 22.4 Å². The number of fused-ring (bicyclic) bond motifs is 3. The fourth-order valence-electron chi connectivity index (χ4n) is 3.39. The molecule has 4 aromatic rings. The van der Waals surface area contributed by atoms with E-state index in [-0.39, 0.29) is 17.2 Å². The van der Waals surface area contributed by atoms with Gasteiger partial charge in [-0.2, -0.15) is 0 Å². The van der Waals surface area contributed by atoms with Gasteiger partial charge in [0.1, 0.15) is 0 Å². The number of para-hydroxylation sites is 1. The van der Waals surface area contributed by atoms with Crippen LogP contribution in [0.25, 0.3) is 16.7 Å². The monoisotopic (exact) mass is 450 g/mol. The predicted molar refractivity (Wildman–Crippen MR) is 124 cm³/mol. The van der Waals surface area contributed by atoms with Crippen molar-refractivity contribution in [3.63, 3.8) is 0 Å². The number of aromatic nitrogens is 4. The molecule has 0 spiro atoms.